The highest BCUT2D eigenvalue weighted by Crippen LogP contribution is 2.33. The van der Waals surface area contributed by atoms with E-state index in [4.69, 9.17) is 18.9 Å². The SMILES string of the molecule is CCCCCC1CCC(C(=O)OCCOC(=O)CCCCCN(CCCCO)CCCCCC(=O)OCCOC(=O)C2CCC(CCCCC)CC2)CC1. The molecule has 2 aliphatic carbocycles. The molecule has 2 fully saturated rings. The molecule has 0 heterocycles. The van der Waals surface area contributed by atoms with Crippen LogP contribution in [0.4, 0.5) is 0 Å². The van der Waals surface area contributed by atoms with E-state index in [-0.39, 0.29) is 68.7 Å². The molecule has 2 saturated carbocycles. The van der Waals surface area contributed by atoms with Gasteiger partial charge >= 0.3 is 23.9 Å². The molecule has 1 N–H and O–H groups in total. The molecule has 0 bridgehead atoms. The van der Waals surface area contributed by atoms with E-state index in [2.05, 4.69) is 18.7 Å². The number of esters is 4. The number of ether oxygens (including phenoxy) is 4. The number of aliphatic hydroxyl groups is 1. The highest BCUT2D eigenvalue weighted by Gasteiger charge is 2.28. The van der Waals surface area contributed by atoms with E-state index in [0.717, 1.165) is 134 Å². The summed E-state index contributed by atoms with van der Waals surface area (Å²) < 4.78 is 21.4. The molecular formula is C44H79NO9. The van der Waals surface area contributed by atoms with E-state index in [1.165, 1.54) is 51.4 Å². The lowest BCUT2D eigenvalue weighted by Crippen LogP contribution is -2.27. The second kappa shape index (κ2) is 31.9. The Morgan fingerprint density at radius 1 is 0.481 bits per heavy atom. The first kappa shape index (κ1) is 48.0. The minimum absolute atomic E-state index is 0.00950. The molecule has 0 aromatic carbocycles. The van der Waals surface area contributed by atoms with Crippen LogP contribution in [0.15, 0.2) is 0 Å². The molecule has 2 aliphatic rings. The number of carbonyl (C=O) groups is 4. The number of aliphatic hydroxyl groups excluding tert-OH is 1. The summed E-state index contributed by atoms with van der Waals surface area (Å²) in [6.07, 6.45) is 26.0. The molecule has 0 radical (unpaired) electrons. The van der Waals surface area contributed by atoms with Gasteiger partial charge in [0.2, 0.25) is 0 Å². The lowest BCUT2D eigenvalue weighted by atomic mass is 9.80. The molecule has 0 aromatic heterocycles. The van der Waals surface area contributed by atoms with Crippen LogP contribution in [0.1, 0.15) is 181 Å². The van der Waals surface area contributed by atoms with Crippen molar-refractivity contribution in [1.29, 1.82) is 0 Å². The minimum atomic E-state index is -0.247. The third-order valence-electron chi connectivity index (χ3n) is 11.6. The van der Waals surface area contributed by atoms with Crippen molar-refractivity contribution in [2.45, 2.75) is 181 Å². The van der Waals surface area contributed by atoms with Crippen molar-refractivity contribution in [1.82, 2.24) is 4.90 Å². The van der Waals surface area contributed by atoms with Crippen molar-refractivity contribution in [2.24, 2.45) is 23.7 Å². The van der Waals surface area contributed by atoms with E-state index >= 15 is 0 Å². The largest absolute Gasteiger partial charge is 0.462 e. The lowest BCUT2D eigenvalue weighted by Gasteiger charge is -2.27. The van der Waals surface area contributed by atoms with Gasteiger partial charge in [-0.15, -0.1) is 0 Å². The Hall–Kier alpha value is -2.20. The summed E-state index contributed by atoms with van der Waals surface area (Å²) in [5.41, 5.74) is 0. The zero-order valence-corrected chi connectivity index (χ0v) is 34.5. The second-order valence-electron chi connectivity index (χ2n) is 16.1. The van der Waals surface area contributed by atoms with Gasteiger partial charge in [0.15, 0.2) is 0 Å². The number of unbranched alkanes of at least 4 members (excludes halogenated alkanes) is 9. The topological polar surface area (TPSA) is 129 Å². The molecule has 0 unspecified atom stereocenters. The van der Waals surface area contributed by atoms with Crippen molar-refractivity contribution in [2.75, 3.05) is 52.7 Å². The smallest absolute Gasteiger partial charge is 0.309 e. The predicted molar refractivity (Wildman–Crippen MR) is 213 cm³/mol. The molecule has 54 heavy (non-hydrogen) atoms. The summed E-state index contributed by atoms with van der Waals surface area (Å²) in [4.78, 5) is 51.7. The fourth-order valence-electron chi connectivity index (χ4n) is 8.06. The first-order valence-corrected chi connectivity index (χ1v) is 22.3. The summed E-state index contributed by atoms with van der Waals surface area (Å²) in [5, 5.41) is 9.23. The Bertz CT molecular complexity index is 903. The van der Waals surface area contributed by atoms with Crippen LogP contribution in [0, 0.1) is 23.7 Å². The van der Waals surface area contributed by atoms with Gasteiger partial charge in [-0.3, -0.25) is 19.2 Å². The van der Waals surface area contributed by atoms with Gasteiger partial charge in [0, 0.05) is 19.4 Å². The van der Waals surface area contributed by atoms with Crippen LogP contribution in [0.3, 0.4) is 0 Å². The van der Waals surface area contributed by atoms with Gasteiger partial charge in [0.25, 0.3) is 0 Å². The summed E-state index contributed by atoms with van der Waals surface area (Å²) >= 11 is 0. The van der Waals surface area contributed by atoms with Gasteiger partial charge in [-0.05, 0) is 121 Å². The van der Waals surface area contributed by atoms with E-state index < -0.39 is 0 Å². The fraction of sp³-hybridized carbons (Fsp3) is 0.909. The second-order valence-corrected chi connectivity index (χ2v) is 16.1. The van der Waals surface area contributed by atoms with Crippen LogP contribution in [0.5, 0.6) is 0 Å². The van der Waals surface area contributed by atoms with Gasteiger partial charge in [0.05, 0.1) is 11.8 Å². The Kier molecular flexibility index (Phi) is 28.4. The van der Waals surface area contributed by atoms with E-state index in [9.17, 15) is 24.3 Å². The highest BCUT2D eigenvalue weighted by atomic mass is 16.6. The number of rotatable bonds is 32. The maximum Gasteiger partial charge on any atom is 0.309 e. The van der Waals surface area contributed by atoms with Crippen molar-refractivity contribution in [3.8, 4) is 0 Å². The fourth-order valence-corrected chi connectivity index (χ4v) is 8.06. The van der Waals surface area contributed by atoms with Crippen LogP contribution < -0.4 is 0 Å². The lowest BCUT2D eigenvalue weighted by molar-refractivity contribution is -0.156. The summed E-state index contributed by atoms with van der Waals surface area (Å²) in [6, 6.07) is 0. The highest BCUT2D eigenvalue weighted by molar-refractivity contribution is 5.73. The molecule has 10 nitrogen and oxygen atoms in total. The quantitative estimate of drug-likeness (QED) is 0.0402. The molecule has 10 heteroatoms. The van der Waals surface area contributed by atoms with E-state index in [1.54, 1.807) is 0 Å². The van der Waals surface area contributed by atoms with Crippen LogP contribution in [-0.2, 0) is 38.1 Å². The monoisotopic (exact) mass is 766 g/mol. The number of hydrogen-bond acceptors (Lipinski definition) is 10. The van der Waals surface area contributed by atoms with Crippen LogP contribution >= 0.6 is 0 Å². The van der Waals surface area contributed by atoms with Gasteiger partial charge in [0.1, 0.15) is 26.4 Å². The molecule has 0 aliphatic heterocycles. The average Bonchev–Trinajstić information content (AvgIpc) is 3.18. The van der Waals surface area contributed by atoms with Crippen molar-refractivity contribution >= 4 is 23.9 Å². The third-order valence-corrected chi connectivity index (χ3v) is 11.6. The molecule has 0 spiro atoms. The molecular weight excluding hydrogens is 686 g/mol. The molecule has 0 atom stereocenters. The zero-order chi connectivity index (χ0) is 39.1. The van der Waals surface area contributed by atoms with Crippen LogP contribution in [-0.4, -0.2) is 86.6 Å². The van der Waals surface area contributed by atoms with Crippen molar-refractivity contribution < 1.29 is 43.2 Å². The molecule has 314 valence electrons. The van der Waals surface area contributed by atoms with Gasteiger partial charge < -0.3 is 29.0 Å². The Morgan fingerprint density at radius 2 is 0.870 bits per heavy atom. The molecule has 0 amide bonds. The van der Waals surface area contributed by atoms with Gasteiger partial charge in [-0.2, -0.15) is 0 Å². The minimum Gasteiger partial charge on any atom is -0.462 e. The Morgan fingerprint density at radius 3 is 1.26 bits per heavy atom. The van der Waals surface area contributed by atoms with Crippen molar-refractivity contribution in [3.63, 3.8) is 0 Å². The number of nitrogens with zero attached hydrogens (tertiary/aromatic N) is 1. The molecule has 0 aromatic rings. The predicted octanol–water partition coefficient (Wildman–Crippen LogP) is 9.13. The van der Waals surface area contributed by atoms with Gasteiger partial charge in [-0.25, -0.2) is 0 Å². The van der Waals surface area contributed by atoms with E-state index in [1.807, 2.05) is 0 Å². The first-order chi connectivity index (χ1) is 26.4. The van der Waals surface area contributed by atoms with Crippen molar-refractivity contribution in [3.05, 3.63) is 0 Å². The average molecular weight is 766 g/mol. The maximum absolute atomic E-state index is 12.4. The summed E-state index contributed by atoms with van der Waals surface area (Å²) in [5.74, 6) is 0.705. The number of carbonyl (C=O) groups excluding carboxylic acids is 4. The first-order valence-electron chi connectivity index (χ1n) is 22.3. The Labute approximate surface area is 328 Å². The standard InChI is InChI=1S/C44H79NO9/c1-3-5-9-17-37-21-25-39(26-22-37)43(49)53-35-33-51-41(47)19-11-7-13-29-45(31-15-16-32-46)30-14-8-12-20-42(48)52-34-36-54-44(50)40-27-23-38(24-28-40)18-10-6-4-2/h37-40,46H,3-36H2,1-2H3. The molecule has 2 rings (SSSR count). The maximum atomic E-state index is 12.4. The van der Waals surface area contributed by atoms with Crippen LogP contribution in [0.2, 0.25) is 0 Å². The van der Waals surface area contributed by atoms with Gasteiger partial charge in [-0.1, -0.05) is 78.1 Å². The molecule has 0 saturated heterocycles. The number of hydrogen-bond donors (Lipinski definition) is 1. The van der Waals surface area contributed by atoms with Crippen LogP contribution in [0.25, 0.3) is 0 Å². The summed E-state index contributed by atoms with van der Waals surface area (Å²) in [7, 11) is 0. The zero-order valence-electron chi connectivity index (χ0n) is 34.5. The Balaban J connectivity index is 1.45. The van der Waals surface area contributed by atoms with E-state index in [0.29, 0.717) is 12.8 Å². The normalized spacial score (nSPS) is 20.1. The summed E-state index contributed by atoms with van der Waals surface area (Å²) in [6.45, 7) is 7.90. The third kappa shape index (κ3) is 23.7.